The van der Waals surface area contributed by atoms with Crippen LogP contribution in [-0.4, -0.2) is 31.0 Å². The number of hydrogen-bond donors (Lipinski definition) is 3. The van der Waals surface area contributed by atoms with E-state index in [0.29, 0.717) is 17.1 Å². The third-order valence-corrected chi connectivity index (χ3v) is 4.61. The molecule has 2 amide bonds. The first kappa shape index (κ1) is 21.0. The van der Waals surface area contributed by atoms with Crippen LogP contribution >= 0.6 is 0 Å². The number of amides is 2. The zero-order valence-corrected chi connectivity index (χ0v) is 17.1. The fourth-order valence-corrected chi connectivity index (χ4v) is 2.99. The largest absolute Gasteiger partial charge is 0.367 e. The number of methoxy groups -OCH3 is 1. The molecule has 30 heavy (non-hydrogen) atoms. The maximum Gasteiger partial charge on any atom is 0.258 e. The first-order valence-electron chi connectivity index (χ1n) is 9.47. The molecule has 0 radical (unpaired) electrons. The number of aryl methyl sites for hydroxylation is 1. The Bertz CT molecular complexity index is 1040. The Labute approximate surface area is 175 Å². The van der Waals surface area contributed by atoms with Gasteiger partial charge in [-0.25, -0.2) is 4.98 Å². The number of carbonyl (C=O) groups is 2. The Kier molecular flexibility index (Phi) is 6.77. The number of nitrogens with one attached hydrogen (secondary N) is 3. The van der Waals surface area contributed by atoms with Crippen molar-refractivity contribution in [3.05, 3.63) is 83.6 Å². The normalized spacial score (nSPS) is 11.4. The molecular formula is C23H24N4O3. The summed E-state index contributed by atoms with van der Waals surface area (Å²) in [5.41, 5.74) is 3.30. The third-order valence-electron chi connectivity index (χ3n) is 4.61. The van der Waals surface area contributed by atoms with Gasteiger partial charge < -0.3 is 20.7 Å². The number of rotatable bonds is 7. The Morgan fingerprint density at radius 3 is 2.37 bits per heavy atom. The molecule has 0 unspecified atom stereocenters. The lowest BCUT2D eigenvalue weighted by molar-refractivity contribution is -0.126. The minimum absolute atomic E-state index is 0.299. The fraction of sp³-hybridized carbons (Fsp3) is 0.174. The molecule has 2 aromatic carbocycles. The van der Waals surface area contributed by atoms with Crippen LogP contribution in [0.5, 0.6) is 0 Å². The van der Waals surface area contributed by atoms with Gasteiger partial charge in [-0.2, -0.15) is 0 Å². The zero-order valence-electron chi connectivity index (χ0n) is 17.1. The third kappa shape index (κ3) is 4.82. The van der Waals surface area contributed by atoms with Gasteiger partial charge in [-0.05, 0) is 30.2 Å². The molecule has 3 rings (SSSR count). The van der Waals surface area contributed by atoms with Crippen LogP contribution in [0.25, 0.3) is 0 Å². The fourth-order valence-electron chi connectivity index (χ4n) is 2.99. The zero-order chi connectivity index (χ0) is 21.5. The summed E-state index contributed by atoms with van der Waals surface area (Å²) < 4.78 is 5.41. The van der Waals surface area contributed by atoms with Gasteiger partial charge >= 0.3 is 0 Å². The predicted molar refractivity (Wildman–Crippen MR) is 117 cm³/mol. The van der Waals surface area contributed by atoms with Gasteiger partial charge in [0.25, 0.3) is 11.8 Å². The van der Waals surface area contributed by atoms with E-state index < -0.39 is 6.10 Å². The molecule has 0 fully saturated rings. The van der Waals surface area contributed by atoms with E-state index in [1.807, 2.05) is 61.5 Å². The first-order chi connectivity index (χ1) is 14.5. The topological polar surface area (TPSA) is 92.4 Å². The molecular weight excluding hydrogens is 380 g/mol. The van der Waals surface area contributed by atoms with Crippen molar-refractivity contribution < 1.29 is 14.3 Å². The number of para-hydroxylation sites is 1. The van der Waals surface area contributed by atoms with Gasteiger partial charge in [0.2, 0.25) is 0 Å². The van der Waals surface area contributed by atoms with E-state index in [-0.39, 0.29) is 11.8 Å². The summed E-state index contributed by atoms with van der Waals surface area (Å²) in [7, 11) is 3.01. The van der Waals surface area contributed by atoms with Crippen molar-refractivity contribution >= 4 is 29.0 Å². The van der Waals surface area contributed by atoms with Crippen LogP contribution in [0.4, 0.5) is 17.2 Å². The molecule has 0 aliphatic rings. The SMILES string of the molecule is CNC(=O)c1cnc(Nc2ccccc2C)c(NC(=O)[C@@H](OC)c2ccccc2)c1. The second-order valence-electron chi connectivity index (χ2n) is 6.65. The predicted octanol–water partition coefficient (Wildman–Crippen LogP) is 3.82. The highest BCUT2D eigenvalue weighted by Gasteiger charge is 2.22. The maximum atomic E-state index is 13.0. The number of pyridine rings is 1. The van der Waals surface area contributed by atoms with E-state index in [1.54, 1.807) is 6.07 Å². The van der Waals surface area contributed by atoms with Crippen LogP contribution in [0.2, 0.25) is 0 Å². The molecule has 154 valence electrons. The highest BCUT2D eigenvalue weighted by Crippen LogP contribution is 2.28. The van der Waals surface area contributed by atoms with Gasteiger partial charge in [-0.3, -0.25) is 9.59 Å². The van der Waals surface area contributed by atoms with E-state index in [4.69, 9.17) is 4.74 Å². The molecule has 7 heteroatoms. The van der Waals surface area contributed by atoms with E-state index in [1.165, 1.54) is 20.4 Å². The number of ether oxygens (including phenoxy) is 1. The Morgan fingerprint density at radius 1 is 1.00 bits per heavy atom. The van der Waals surface area contributed by atoms with Crippen LogP contribution in [0.3, 0.4) is 0 Å². The molecule has 7 nitrogen and oxygen atoms in total. The summed E-state index contributed by atoms with van der Waals surface area (Å²) in [5.74, 6) is -0.243. The van der Waals surface area contributed by atoms with Crippen molar-refractivity contribution in [1.82, 2.24) is 10.3 Å². The smallest absolute Gasteiger partial charge is 0.258 e. The highest BCUT2D eigenvalue weighted by atomic mass is 16.5. The summed E-state index contributed by atoms with van der Waals surface area (Å²) in [4.78, 5) is 29.4. The van der Waals surface area contributed by atoms with Gasteiger partial charge in [0.1, 0.15) is 0 Å². The molecule has 1 atom stereocenters. The molecule has 1 aromatic heterocycles. The molecule has 0 saturated carbocycles. The quantitative estimate of drug-likeness (QED) is 0.557. The molecule has 3 aromatic rings. The van der Waals surface area contributed by atoms with Gasteiger partial charge in [0, 0.05) is 26.0 Å². The number of hydrogen-bond acceptors (Lipinski definition) is 5. The van der Waals surface area contributed by atoms with E-state index in [2.05, 4.69) is 20.9 Å². The van der Waals surface area contributed by atoms with E-state index >= 15 is 0 Å². The van der Waals surface area contributed by atoms with E-state index in [9.17, 15) is 9.59 Å². The molecule has 1 heterocycles. The summed E-state index contributed by atoms with van der Waals surface area (Å²) in [6, 6.07) is 18.5. The van der Waals surface area contributed by atoms with Crippen LogP contribution < -0.4 is 16.0 Å². The minimum atomic E-state index is -0.804. The van der Waals surface area contributed by atoms with E-state index in [0.717, 1.165) is 16.8 Å². The number of benzene rings is 2. The maximum absolute atomic E-state index is 13.0. The number of aromatic nitrogens is 1. The highest BCUT2D eigenvalue weighted by molar-refractivity contribution is 6.00. The number of nitrogens with zero attached hydrogens (tertiary/aromatic N) is 1. The number of carbonyl (C=O) groups excluding carboxylic acids is 2. The van der Waals surface area contributed by atoms with Crippen LogP contribution in [0.15, 0.2) is 66.9 Å². The first-order valence-corrected chi connectivity index (χ1v) is 9.47. The van der Waals surface area contributed by atoms with Gasteiger partial charge in [0.15, 0.2) is 11.9 Å². The van der Waals surface area contributed by atoms with Gasteiger partial charge in [-0.1, -0.05) is 48.5 Å². The van der Waals surface area contributed by atoms with Gasteiger partial charge in [-0.15, -0.1) is 0 Å². The average molecular weight is 404 g/mol. The van der Waals surface area contributed by atoms with Crippen LogP contribution in [-0.2, 0) is 9.53 Å². The molecule has 0 aliphatic heterocycles. The molecule has 3 N–H and O–H groups in total. The van der Waals surface area contributed by atoms with Crippen molar-refractivity contribution in [1.29, 1.82) is 0 Å². The van der Waals surface area contributed by atoms with Crippen LogP contribution in [0.1, 0.15) is 27.6 Å². The van der Waals surface area contributed by atoms with Crippen LogP contribution in [0, 0.1) is 6.92 Å². The molecule has 0 saturated heterocycles. The minimum Gasteiger partial charge on any atom is -0.367 e. The summed E-state index contributed by atoms with van der Waals surface area (Å²) in [6.07, 6.45) is 0.654. The van der Waals surface area contributed by atoms with Crippen molar-refractivity contribution in [2.24, 2.45) is 0 Å². The standard InChI is InChI=1S/C23H24N4O3/c1-15-9-7-8-12-18(15)26-21-19(13-17(14-25-21)22(28)24-2)27-23(29)20(30-3)16-10-5-4-6-11-16/h4-14,20H,1-3H3,(H,24,28)(H,25,26)(H,27,29)/t20-/m0/s1. The lowest BCUT2D eigenvalue weighted by Gasteiger charge is -2.18. The molecule has 0 aliphatic carbocycles. The molecule has 0 spiro atoms. The van der Waals surface area contributed by atoms with Crippen molar-refractivity contribution in [3.63, 3.8) is 0 Å². The lowest BCUT2D eigenvalue weighted by Crippen LogP contribution is -2.24. The second-order valence-corrected chi connectivity index (χ2v) is 6.65. The Morgan fingerprint density at radius 2 is 1.70 bits per heavy atom. The summed E-state index contributed by atoms with van der Waals surface area (Å²) in [5, 5.41) is 8.64. The molecule has 0 bridgehead atoms. The Hall–Kier alpha value is -3.71. The van der Waals surface area contributed by atoms with Crippen molar-refractivity contribution in [2.45, 2.75) is 13.0 Å². The second kappa shape index (κ2) is 9.67. The summed E-state index contributed by atoms with van der Waals surface area (Å²) in [6.45, 7) is 1.97. The average Bonchev–Trinajstić information content (AvgIpc) is 2.77. The van der Waals surface area contributed by atoms with Crippen molar-refractivity contribution in [3.8, 4) is 0 Å². The number of anilines is 3. The lowest BCUT2D eigenvalue weighted by atomic mass is 10.1. The summed E-state index contributed by atoms with van der Waals surface area (Å²) >= 11 is 0. The van der Waals surface area contributed by atoms with Crippen molar-refractivity contribution in [2.75, 3.05) is 24.8 Å². The van der Waals surface area contributed by atoms with Gasteiger partial charge in [0.05, 0.1) is 11.3 Å². The monoisotopic (exact) mass is 404 g/mol. The Balaban J connectivity index is 1.94.